The molecule has 1 aliphatic rings. The van der Waals surface area contributed by atoms with Crippen LogP contribution in [0.3, 0.4) is 0 Å². The molecule has 1 N–H and O–H groups in total. The van der Waals surface area contributed by atoms with Crippen molar-refractivity contribution in [2.45, 2.75) is 19.3 Å². The lowest BCUT2D eigenvalue weighted by molar-refractivity contribution is 0.444. The Balaban J connectivity index is 1.68. The van der Waals surface area contributed by atoms with Gasteiger partial charge in [-0.2, -0.15) is 0 Å². The largest absolute Gasteiger partial charge is 0.370 e. The minimum atomic E-state index is 0.648. The molecule has 0 saturated heterocycles. The number of pyridine rings is 1. The first kappa shape index (κ1) is 12.6. The molecule has 0 aliphatic heterocycles. The molecule has 2 aromatic rings. The molecular formula is C14H17ClN4. The quantitative estimate of drug-likeness (QED) is 0.872. The topological polar surface area (TPSA) is 50.7 Å². The molecule has 0 radical (unpaired) electrons. The molecule has 0 bridgehead atoms. The highest BCUT2D eigenvalue weighted by molar-refractivity contribution is 6.18. The lowest BCUT2D eigenvalue weighted by atomic mass is 9.98. The second kappa shape index (κ2) is 5.70. The van der Waals surface area contributed by atoms with E-state index in [4.69, 9.17) is 11.6 Å². The minimum absolute atomic E-state index is 0.648. The summed E-state index contributed by atoms with van der Waals surface area (Å²) in [5.74, 6) is 2.95. The maximum atomic E-state index is 6.00. The third-order valence-electron chi connectivity index (χ3n) is 3.89. The number of fused-ring (bicyclic) bond motifs is 1. The van der Waals surface area contributed by atoms with Gasteiger partial charge in [0.05, 0.1) is 0 Å². The summed E-state index contributed by atoms with van der Waals surface area (Å²) in [5.41, 5.74) is 1.51. The molecule has 0 spiro atoms. The van der Waals surface area contributed by atoms with E-state index in [2.05, 4.69) is 20.3 Å². The monoisotopic (exact) mass is 276 g/mol. The van der Waals surface area contributed by atoms with E-state index < -0.39 is 0 Å². The molecule has 100 valence electrons. The number of rotatable bonds is 4. The molecular weight excluding hydrogens is 260 g/mol. The van der Waals surface area contributed by atoms with Gasteiger partial charge >= 0.3 is 0 Å². The third-order valence-corrected chi connectivity index (χ3v) is 4.29. The van der Waals surface area contributed by atoms with Crippen molar-refractivity contribution >= 4 is 28.6 Å². The number of hydrogen-bond donors (Lipinski definition) is 1. The molecule has 0 aromatic carbocycles. The summed E-state index contributed by atoms with van der Waals surface area (Å²) >= 11 is 6.00. The van der Waals surface area contributed by atoms with E-state index >= 15 is 0 Å². The van der Waals surface area contributed by atoms with Gasteiger partial charge in [-0.15, -0.1) is 11.6 Å². The van der Waals surface area contributed by atoms with Crippen molar-refractivity contribution in [2.24, 2.45) is 11.8 Å². The van der Waals surface area contributed by atoms with Crippen LogP contribution in [-0.4, -0.2) is 27.4 Å². The van der Waals surface area contributed by atoms with E-state index in [0.29, 0.717) is 17.5 Å². The summed E-state index contributed by atoms with van der Waals surface area (Å²) in [6, 6.07) is 3.91. The normalized spacial score (nSPS) is 22.8. The van der Waals surface area contributed by atoms with Gasteiger partial charge in [-0.25, -0.2) is 9.97 Å². The number of hydrogen-bond acceptors (Lipinski definition) is 4. The molecule has 2 heterocycles. The van der Waals surface area contributed by atoms with E-state index in [1.165, 1.54) is 19.3 Å². The zero-order valence-electron chi connectivity index (χ0n) is 10.7. The lowest BCUT2D eigenvalue weighted by Gasteiger charge is -2.17. The fourth-order valence-corrected chi connectivity index (χ4v) is 3.18. The van der Waals surface area contributed by atoms with Crippen molar-refractivity contribution in [1.82, 2.24) is 15.0 Å². The Morgan fingerprint density at radius 3 is 2.89 bits per heavy atom. The van der Waals surface area contributed by atoms with Gasteiger partial charge < -0.3 is 5.32 Å². The zero-order chi connectivity index (χ0) is 13.1. The molecule has 4 nitrogen and oxygen atoms in total. The van der Waals surface area contributed by atoms with Crippen LogP contribution < -0.4 is 5.32 Å². The number of nitrogens with one attached hydrogen (secondary N) is 1. The van der Waals surface area contributed by atoms with Crippen LogP contribution >= 0.6 is 11.6 Å². The highest BCUT2D eigenvalue weighted by atomic mass is 35.5. The van der Waals surface area contributed by atoms with E-state index in [9.17, 15) is 0 Å². The third kappa shape index (κ3) is 2.78. The van der Waals surface area contributed by atoms with Gasteiger partial charge in [0, 0.05) is 24.8 Å². The van der Waals surface area contributed by atoms with Crippen molar-refractivity contribution in [3.63, 3.8) is 0 Å². The van der Waals surface area contributed by atoms with Crippen molar-refractivity contribution in [2.75, 3.05) is 17.7 Å². The van der Waals surface area contributed by atoms with E-state index in [1.54, 1.807) is 12.4 Å². The van der Waals surface area contributed by atoms with Gasteiger partial charge in [-0.05, 0) is 36.8 Å². The minimum Gasteiger partial charge on any atom is -0.370 e. The summed E-state index contributed by atoms with van der Waals surface area (Å²) in [7, 11) is 0. The van der Waals surface area contributed by atoms with Crippen molar-refractivity contribution in [3.8, 4) is 0 Å². The molecule has 1 fully saturated rings. The van der Waals surface area contributed by atoms with Crippen LogP contribution in [0.15, 0.2) is 24.5 Å². The molecule has 2 unspecified atom stereocenters. The zero-order valence-corrected chi connectivity index (χ0v) is 11.5. The Labute approximate surface area is 117 Å². The summed E-state index contributed by atoms with van der Waals surface area (Å²) in [4.78, 5) is 12.9. The molecule has 5 heteroatoms. The standard InChI is InChI=1S/C14H17ClN4/c15-8-10-2-1-3-11(10)9-18-13-5-4-12-14(19-13)17-7-6-16-12/h4-7,10-11H,1-3,8-9H2,(H,17,18,19). The van der Waals surface area contributed by atoms with E-state index in [0.717, 1.165) is 23.8 Å². The van der Waals surface area contributed by atoms with Crippen molar-refractivity contribution < 1.29 is 0 Å². The Morgan fingerprint density at radius 1 is 1.16 bits per heavy atom. The smallest absolute Gasteiger partial charge is 0.180 e. The average Bonchev–Trinajstić information content (AvgIpc) is 2.92. The molecule has 2 atom stereocenters. The molecule has 1 aliphatic carbocycles. The summed E-state index contributed by atoms with van der Waals surface area (Å²) in [5, 5.41) is 3.41. The maximum absolute atomic E-state index is 6.00. The van der Waals surface area contributed by atoms with Gasteiger partial charge in [0.2, 0.25) is 0 Å². The first-order valence-corrected chi connectivity index (χ1v) is 7.28. The fraction of sp³-hybridized carbons (Fsp3) is 0.500. The van der Waals surface area contributed by atoms with Crippen LogP contribution in [0.1, 0.15) is 19.3 Å². The van der Waals surface area contributed by atoms with Crippen LogP contribution in [0.5, 0.6) is 0 Å². The Bertz CT molecular complexity index is 560. The Kier molecular flexibility index (Phi) is 3.78. The maximum Gasteiger partial charge on any atom is 0.180 e. The van der Waals surface area contributed by atoms with Gasteiger partial charge in [0.25, 0.3) is 0 Å². The van der Waals surface area contributed by atoms with Crippen molar-refractivity contribution in [3.05, 3.63) is 24.5 Å². The highest BCUT2D eigenvalue weighted by Gasteiger charge is 2.26. The van der Waals surface area contributed by atoms with Gasteiger partial charge in [0.1, 0.15) is 11.3 Å². The van der Waals surface area contributed by atoms with Crippen LogP contribution in [-0.2, 0) is 0 Å². The average molecular weight is 277 g/mol. The Hall–Kier alpha value is -1.42. The number of aromatic nitrogens is 3. The number of nitrogens with zero attached hydrogens (tertiary/aromatic N) is 3. The van der Waals surface area contributed by atoms with Crippen LogP contribution in [0.2, 0.25) is 0 Å². The molecule has 1 saturated carbocycles. The molecule has 3 rings (SSSR count). The van der Waals surface area contributed by atoms with Crippen LogP contribution in [0, 0.1) is 11.8 Å². The number of alkyl halides is 1. The van der Waals surface area contributed by atoms with Gasteiger partial charge in [-0.1, -0.05) is 6.42 Å². The van der Waals surface area contributed by atoms with Gasteiger partial charge in [0.15, 0.2) is 5.65 Å². The second-order valence-electron chi connectivity index (χ2n) is 5.08. The fourth-order valence-electron chi connectivity index (χ4n) is 2.77. The van der Waals surface area contributed by atoms with Gasteiger partial charge in [-0.3, -0.25) is 4.98 Å². The van der Waals surface area contributed by atoms with Crippen molar-refractivity contribution in [1.29, 1.82) is 0 Å². The lowest BCUT2D eigenvalue weighted by Crippen LogP contribution is -2.19. The summed E-state index contributed by atoms with van der Waals surface area (Å²) in [6.07, 6.45) is 7.16. The summed E-state index contributed by atoms with van der Waals surface area (Å²) < 4.78 is 0. The molecule has 2 aromatic heterocycles. The SMILES string of the molecule is ClCC1CCCC1CNc1ccc2nccnc2n1. The summed E-state index contributed by atoms with van der Waals surface area (Å²) in [6.45, 7) is 0.941. The first-order valence-electron chi connectivity index (χ1n) is 6.74. The number of halogens is 1. The molecule has 0 amide bonds. The number of anilines is 1. The first-order chi connectivity index (χ1) is 9.36. The van der Waals surface area contributed by atoms with Crippen LogP contribution in [0.4, 0.5) is 5.82 Å². The predicted molar refractivity (Wildman–Crippen MR) is 77.4 cm³/mol. The highest BCUT2D eigenvalue weighted by Crippen LogP contribution is 2.32. The second-order valence-corrected chi connectivity index (χ2v) is 5.39. The predicted octanol–water partition coefficient (Wildman–Crippen LogP) is 3.09. The Morgan fingerprint density at radius 2 is 2.00 bits per heavy atom. The van der Waals surface area contributed by atoms with Crippen LogP contribution in [0.25, 0.3) is 11.2 Å². The molecule has 19 heavy (non-hydrogen) atoms. The van der Waals surface area contributed by atoms with E-state index in [-0.39, 0.29) is 0 Å². The van der Waals surface area contributed by atoms with E-state index in [1.807, 2.05) is 12.1 Å².